The van der Waals surface area contributed by atoms with Gasteiger partial charge in [0.2, 0.25) is 5.91 Å². The average Bonchev–Trinajstić information content (AvgIpc) is 3.45. The van der Waals surface area contributed by atoms with E-state index in [4.69, 9.17) is 0 Å². The molecule has 0 bridgehead atoms. The molecule has 0 saturated carbocycles. The first-order valence-corrected chi connectivity index (χ1v) is 10.7. The summed E-state index contributed by atoms with van der Waals surface area (Å²) in [4.78, 5) is 26.0. The molecule has 30 heavy (non-hydrogen) atoms. The van der Waals surface area contributed by atoms with Gasteiger partial charge in [0, 0.05) is 6.54 Å². The molecule has 158 valence electrons. The Bertz CT molecular complexity index is 895. The highest BCUT2D eigenvalue weighted by Gasteiger charge is 2.37. The number of nitrogens with one attached hydrogen (secondary N) is 1. The van der Waals surface area contributed by atoms with Crippen molar-refractivity contribution in [3.63, 3.8) is 0 Å². The minimum atomic E-state index is -0.277. The van der Waals surface area contributed by atoms with Crippen LogP contribution in [0.3, 0.4) is 0 Å². The second kappa shape index (κ2) is 10.2. The predicted octanol–water partition coefficient (Wildman–Crippen LogP) is 4.91. The number of likely N-dealkylation sites (N-methyl/N-ethyl adjacent to an activating group) is 1. The number of aromatic amines is 1. The molecule has 5 nitrogen and oxygen atoms in total. The van der Waals surface area contributed by atoms with E-state index in [0.29, 0.717) is 0 Å². The number of likely N-dealkylation sites (tertiary alicyclic amines) is 1. The van der Waals surface area contributed by atoms with Gasteiger partial charge in [-0.2, -0.15) is 0 Å². The lowest BCUT2D eigenvalue weighted by Crippen LogP contribution is -2.43. The highest BCUT2D eigenvalue weighted by molar-refractivity contribution is 5.84. The fraction of sp³-hybridized carbons (Fsp3) is 0.360. The van der Waals surface area contributed by atoms with Crippen LogP contribution in [0.1, 0.15) is 55.9 Å². The molecule has 1 fully saturated rings. The number of nitrogens with zero attached hydrogens (tertiary/aromatic N) is 3. The molecule has 1 aliphatic heterocycles. The third-order valence-corrected chi connectivity index (χ3v) is 5.80. The maximum Gasteiger partial charge on any atom is 0.245 e. The summed E-state index contributed by atoms with van der Waals surface area (Å²) in [5.41, 5.74) is 2.87. The molecule has 5 heteroatoms. The molecule has 1 saturated heterocycles. The van der Waals surface area contributed by atoms with Gasteiger partial charge in [0.15, 0.2) is 0 Å². The monoisotopic (exact) mass is 404 g/mol. The molecule has 0 spiro atoms. The van der Waals surface area contributed by atoms with Crippen LogP contribution in [0.4, 0.5) is 0 Å². The van der Waals surface area contributed by atoms with Crippen LogP contribution in [0.5, 0.6) is 0 Å². The number of rotatable bonds is 9. The number of imidazole rings is 1. The van der Waals surface area contributed by atoms with E-state index in [9.17, 15) is 4.79 Å². The van der Waals surface area contributed by atoms with Crippen molar-refractivity contribution in [2.45, 2.75) is 38.8 Å². The van der Waals surface area contributed by atoms with Gasteiger partial charge in [-0.3, -0.25) is 9.69 Å². The summed E-state index contributed by atoms with van der Waals surface area (Å²) in [7, 11) is 0. The van der Waals surface area contributed by atoms with Crippen LogP contribution >= 0.6 is 0 Å². The molecule has 2 heterocycles. The van der Waals surface area contributed by atoms with E-state index in [1.807, 2.05) is 47.5 Å². The lowest BCUT2D eigenvalue weighted by molar-refractivity contribution is -0.138. The van der Waals surface area contributed by atoms with E-state index < -0.39 is 0 Å². The van der Waals surface area contributed by atoms with Gasteiger partial charge in [0.05, 0.1) is 17.9 Å². The normalized spacial score (nSPS) is 17.9. The van der Waals surface area contributed by atoms with Gasteiger partial charge in [-0.1, -0.05) is 75.6 Å². The van der Waals surface area contributed by atoms with Crippen molar-refractivity contribution in [1.29, 1.82) is 0 Å². The Morgan fingerprint density at radius 2 is 2.03 bits per heavy atom. The van der Waals surface area contributed by atoms with Crippen molar-refractivity contribution in [3.05, 3.63) is 85.0 Å². The van der Waals surface area contributed by atoms with Crippen LogP contribution < -0.4 is 0 Å². The van der Waals surface area contributed by atoms with Gasteiger partial charge < -0.3 is 9.88 Å². The minimum Gasteiger partial charge on any atom is -0.340 e. The predicted molar refractivity (Wildman–Crippen MR) is 123 cm³/mol. The van der Waals surface area contributed by atoms with E-state index in [0.717, 1.165) is 55.1 Å². The van der Waals surface area contributed by atoms with Gasteiger partial charge in [-0.25, -0.2) is 4.98 Å². The first kappa shape index (κ1) is 21.8. The maximum absolute atomic E-state index is 13.8. The fourth-order valence-electron chi connectivity index (χ4n) is 4.25. The molecule has 1 aromatic carbocycles. The molecule has 2 aromatic rings. The van der Waals surface area contributed by atoms with Crippen molar-refractivity contribution in [2.75, 3.05) is 19.6 Å². The number of hydrogen-bond donors (Lipinski definition) is 1. The third kappa shape index (κ3) is 4.46. The van der Waals surface area contributed by atoms with E-state index in [-0.39, 0.29) is 18.0 Å². The van der Waals surface area contributed by atoms with Crippen LogP contribution in [-0.4, -0.2) is 45.3 Å². The Balaban J connectivity index is 1.90. The zero-order valence-corrected chi connectivity index (χ0v) is 18.1. The molecule has 3 rings (SSSR count). The molecule has 2 unspecified atom stereocenters. The number of benzene rings is 1. The van der Waals surface area contributed by atoms with Crippen LogP contribution in [0.2, 0.25) is 0 Å². The lowest BCUT2D eigenvalue weighted by Gasteiger charge is -2.34. The highest BCUT2D eigenvalue weighted by Crippen LogP contribution is 2.35. The van der Waals surface area contributed by atoms with Gasteiger partial charge in [-0.15, -0.1) is 0 Å². The number of H-pyrrole nitrogens is 1. The minimum absolute atomic E-state index is 0.0391. The lowest BCUT2D eigenvalue weighted by atomic mass is 10.0. The summed E-state index contributed by atoms with van der Waals surface area (Å²) in [6.07, 6.45) is 9.11. The third-order valence-electron chi connectivity index (χ3n) is 5.80. The average molecular weight is 405 g/mol. The molecule has 1 amide bonds. The Hall–Kier alpha value is -2.92. The van der Waals surface area contributed by atoms with Crippen LogP contribution in [-0.2, 0) is 4.79 Å². The molecule has 1 N–H and O–H groups in total. The number of carbonyl (C=O) groups is 1. The molecular weight excluding hydrogens is 372 g/mol. The first-order valence-electron chi connectivity index (χ1n) is 10.7. The maximum atomic E-state index is 13.8. The van der Waals surface area contributed by atoms with Gasteiger partial charge in [0.1, 0.15) is 11.9 Å². The number of carbonyl (C=O) groups excluding carboxylic acids is 1. The second-order valence-corrected chi connectivity index (χ2v) is 7.47. The van der Waals surface area contributed by atoms with Crippen molar-refractivity contribution in [1.82, 2.24) is 19.8 Å². The smallest absolute Gasteiger partial charge is 0.245 e. The first-order chi connectivity index (χ1) is 14.6. The molecule has 1 aliphatic rings. The highest BCUT2D eigenvalue weighted by atomic mass is 16.2. The second-order valence-electron chi connectivity index (χ2n) is 7.47. The Morgan fingerprint density at radius 3 is 2.67 bits per heavy atom. The topological polar surface area (TPSA) is 52.2 Å². The summed E-state index contributed by atoms with van der Waals surface area (Å²) in [5, 5.41) is 0. The summed E-state index contributed by atoms with van der Waals surface area (Å²) >= 11 is 0. The van der Waals surface area contributed by atoms with Crippen molar-refractivity contribution in [2.24, 2.45) is 0 Å². The summed E-state index contributed by atoms with van der Waals surface area (Å²) in [6.45, 7) is 14.2. The van der Waals surface area contributed by atoms with Gasteiger partial charge in [-0.05, 0) is 37.1 Å². The quantitative estimate of drug-likeness (QED) is 0.604. The molecule has 1 aromatic heterocycles. The van der Waals surface area contributed by atoms with Gasteiger partial charge >= 0.3 is 0 Å². The molecule has 0 aliphatic carbocycles. The number of amides is 1. The van der Waals surface area contributed by atoms with E-state index in [1.165, 1.54) is 0 Å². The zero-order chi connectivity index (χ0) is 21.5. The number of allylic oxidation sites excluding steroid dienone is 4. The molecule has 2 atom stereocenters. The van der Waals surface area contributed by atoms with Crippen LogP contribution in [0.15, 0.2) is 67.9 Å². The zero-order valence-electron chi connectivity index (χ0n) is 18.1. The molecular formula is C25H32N4O. The number of aromatic nitrogens is 2. The Morgan fingerprint density at radius 1 is 1.30 bits per heavy atom. The summed E-state index contributed by atoms with van der Waals surface area (Å²) in [5.74, 6) is 0.981. The Kier molecular flexibility index (Phi) is 7.41. The molecule has 0 radical (unpaired) electrons. The van der Waals surface area contributed by atoms with Gasteiger partial charge in [0.25, 0.3) is 0 Å². The number of hydrogen-bond acceptors (Lipinski definition) is 3. The summed E-state index contributed by atoms with van der Waals surface area (Å²) < 4.78 is 0. The SMILES string of the molecule is C=CC=C(C=C)c1cnc(C2CCCN2C(=O)C(c2ccccc2)N(CC)CC)[nH]1. The van der Waals surface area contributed by atoms with Crippen LogP contribution in [0, 0.1) is 0 Å². The van der Waals surface area contributed by atoms with E-state index in [1.54, 1.807) is 12.2 Å². The largest absolute Gasteiger partial charge is 0.340 e. The van der Waals surface area contributed by atoms with Crippen molar-refractivity contribution in [3.8, 4) is 0 Å². The standard InChI is InChI=1S/C25H32N4O/c1-5-13-19(6-2)21-18-26-24(27-21)22-16-12-17-29(22)25(30)23(28(7-3)8-4)20-14-10-9-11-15-20/h5-6,9-11,13-15,18,22-23H,1-2,7-8,12,16-17H2,3-4H3,(H,26,27). The van der Waals surface area contributed by atoms with Crippen molar-refractivity contribution < 1.29 is 4.79 Å². The summed E-state index contributed by atoms with van der Waals surface area (Å²) in [6, 6.07) is 9.78. The fourth-order valence-corrected chi connectivity index (χ4v) is 4.25. The Labute approximate surface area is 179 Å². The van der Waals surface area contributed by atoms with Crippen LogP contribution in [0.25, 0.3) is 5.57 Å². The van der Waals surface area contributed by atoms with E-state index in [2.05, 4.69) is 41.9 Å². The van der Waals surface area contributed by atoms with E-state index >= 15 is 0 Å². The van der Waals surface area contributed by atoms with Crippen molar-refractivity contribution >= 4 is 11.5 Å².